The standard InChI is InChI=1S/C20H20ClF3N2O4S/c1-14(30-16-8-6-15(21)7-9-16)19(27)25-10-12-26(13-11-25)31(28,29)18-5-3-2-4-17(18)20(22,23)24/h2-9,14H,10-13H2,1H3/t14-/m1/s1. The lowest BCUT2D eigenvalue weighted by Gasteiger charge is -2.35. The van der Waals surface area contributed by atoms with Gasteiger partial charge >= 0.3 is 6.18 Å². The molecule has 0 spiro atoms. The van der Waals surface area contributed by atoms with Crippen LogP contribution < -0.4 is 4.74 Å². The number of alkyl halides is 3. The molecule has 168 valence electrons. The van der Waals surface area contributed by atoms with Crippen molar-refractivity contribution in [3.05, 3.63) is 59.1 Å². The van der Waals surface area contributed by atoms with Crippen molar-refractivity contribution in [3.8, 4) is 5.75 Å². The first-order valence-electron chi connectivity index (χ1n) is 9.37. The van der Waals surface area contributed by atoms with Crippen molar-refractivity contribution >= 4 is 27.5 Å². The van der Waals surface area contributed by atoms with Crippen LogP contribution >= 0.6 is 11.6 Å². The lowest BCUT2D eigenvalue weighted by Crippen LogP contribution is -2.53. The van der Waals surface area contributed by atoms with Crippen molar-refractivity contribution in [1.29, 1.82) is 0 Å². The van der Waals surface area contributed by atoms with Gasteiger partial charge in [0.15, 0.2) is 6.10 Å². The van der Waals surface area contributed by atoms with E-state index in [0.717, 1.165) is 22.5 Å². The average Bonchev–Trinajstić information content (AvgIpc) is 2.74. The van der Waals surface area contributed by atoms with Gasteiger partial charge in [-0.1, -0.05) is 23.7 Å². The molecule has 3 rings (SSSR count). The Hall–Kier alpha value is -2.30. The van der Waals surface area contributed by atoms with Gasteiger partial charge < -0.3 is 9.64 Å². The zero-order valence-corrected chi connectivity index (χ0v) is 18.0. The summed E-state index contributed by atoms with van der Waals surface area (Å²) in [5.74, 6) is 0.109. The maximum atomic E-state index is 13.2. The molecule has 1 saturated heterocycles. The highest BCUT2D eigenvalue weighted by Gasteiger charge is 2.40. The first-order chi connectivity index (χ1) is 14.5. The van der Waals surface area contributed by atoms with Crippen molar-refractivity contribution in [2.75, 3.05) is 26.2 Å². The predicted octanol–water partition coefficient (Wildman–Crippen LogP) is 3.66. The van der Waals surface area contributed by atoms with Crippen LogP contribution in [-0.4, -0.2) is 55.8 Å². The van der Waals surface area contributed by atoms with E-state index < -0.39 is 32.8 Å². The Morgan fingerprint density at radius 2 is 1.61 bits per heavy atom. The molecule has 1 aliphatic heterocycles. The Labute approximate surface area is 183 Å². The minimum Gasteiger partial charge on any atom is -0.481 e. The van der Waals surface area contributed by atoms with E-state index in [2.05, 4.69) is 0 Å². The fraction of sp³-hybridized carbons (Fsp3) is 0.350. The summed E-state index contributed by atoms with van der Waals surface area (Å²) < 4.78 is 71.9. The van der Waals surface area contributed by atoms with Crippen molar-refractivity contribution < 1.29 is 31.1 Å². The second-order valence-corrected chi connectivity index (χ2v) is 9.28. The first-order valence-corrected chi connectivity index (χ1v) is 11.2. The number of amides is 1. The highest BCUT2D eigenvalue weighted by atomic mass is 35.5. The number of rotatable bonds is 5. The highest BCUT2D eigenvalue weighted by molar-refractivity contribution is 7.89. The Balaban J connectivity index is 1.66. The van der Waals surface area contributed by atoms with E-state index in [1.807, 2.05) is 0 Å². The van der Waals surface area contributed by atoms with E-state index in [1.54, 1.807) is 31.2 Å². The van der Waals surface area contributed by atoms with Crippen LogP contribution in [0.4, 0.5) is 13.2 Å². The number of carbonyl (C=O) groups excluding carboxylic acids is 1. The molecule has 0 N–H and O–H groups in total. The number of piperazine rings is 1. The Bertz CT molecular complexity index is 1040. The van der Waals surface area contributed by atoms with Crippen molar-refractivity contribution in [2.45, 2.75) is 24.1 Å². The Morgan fingerprint density at radius 3 is 2.19 bits per heavy atom. The molecule has 0 aliphatic carbocycles. The van der Waals surface area contributed by atoms with Gasteiger partial charge in [-0.15, -0.1) is 0 Å². The van der Waals surface area contributed by atoms with Gasteiger partial charge in [-0.25, -0.2) is 8.42 Å². The number of carbonyl (C=O) groups is 1. The summed E-state index contributed by atoms with van der Waals surface area (Å²) in [4.78, 5) is 13.3. The summed E-state index contributed by atoms with van der Waals surface area (Å²) in [5.41, 5.74) is -1.21. The molecular formula is C20H20ClF3N2O4S. The largest absolute Gasteiger partial charge is 0.481 e. The molecule has 2 aromatic carbocycles. The SMILES string of the molecule is C[C@@H](Oc1ccc(Cl)cc1)C(=O)N1CCN(S(=O)(=O)c2ccccc2C(F)(F)F)CC1. The number of benzene rings is 2. The van der Waals surface area contributed by atoms with Crippen LogP contribution in [-0.2, 0) is 21.0 Å². The summed E-state index contributed by atoms with van der Waals surface area (Å²) in [6.45, 7) is 1.42. The maximum Gasteiger partial charge on any atom is 0.417 e. The average molecular weight is 477 g/mol. The minimum absolute atomic E-state index is 0.0422. The lowest BCUT2D eigenvalue weighted by molar-refractivity contribution is -0.140. The Morgan fingerprint density at radius 1 is 1.03 bits per heavy atom. The molecule has 2 aromatic rings. The van der Waals surface area contributed by atoms with Crippen LogP contribution in [0, 0.1) is 0 Å². The number of sulfonamides is 1. The number of hydrogen-bond acceptors (Lipinski definition) is 4. The third kappa shape index (κ3) is 5.31. The minimum atomic E-state index is -4.80. The van der Waals surface area contributed by atoms with Gasteiger partial charge in [0.05, 0.1) is 10.5 Å². The van der Waals surface area contributed by atoms with Crippen molar-refractivity contribution in [1.82, 2.24) is 9.21 Å². The number of ether oxygens (including phenoxy) is 1. The van der Waals surface area contributed by atoms with Crippen LogP contribution in [0.25, 0.3) is 0 Å². The van der Waals surface area contributed by atoms with Gasteiger partial charge in [-0.05, 0) is 43.3 Å². The molecule has 11 heteroatoms. The summed E-state index contributed by atoms with van der Waals surface area (Å²) in [5, 5.41) is 0.524. The van der Waals surface area contributed by atoms with Crippen LogP contribution in [0.2, 0.25) is 5.02 Å². The highest BCUT2D eigenvalue weighted by Crippen LogP contribution is 2.35. The zero-order chi connectivity index (χ0) is 22.8. The summed E-state index contributed by atoms with van der Waals surface area (Å²) in [6.07, 6.45) is -5.62. The Kier molecular flexibility index (Phi) is 6.82. The van der Waals surface area contributed by atoms with Gasteiger partial charge in [0, 0.05) is 31.2 Å². The van der Waals surface area contributed by atoms with Gasteiger partial charge in [-0.3, -0.25) is 4.79 Å². The molecule has 0 aromatic heterocycles. The topological polar surface area (TPSA) is 66.9 Å². The predicted molar refractivity (Wildman–Crippen MR) is 108 cm³/mol. The quantitative estimate of drug-likeness (QED) is 0.660. The van der Waals surface area contributed by atoms with E-state index >= 15 is 0 Å². The summed E-state index contributed by atoms with van der Waals surface area (Å²) in [7, 11) is -4.37. The van der Waals surface area contributed by atoms with Gasteiger partial charge in [0.25, 0.3) is 5.91 Å². The molecule has 1 heterocycles. The monoisotopic (exact) mass is 476 g/mol. The van der Waals surface area contributed by atoms with Gasteiger partial charge in [0.2, 0.25) is 10.0 Å². The molecule has 0 saturated carbocycles. The summed E-state index contributed by atoms with van der Waals surface area (Å²) >= 11 is 5.82. The molecule has 0 radical (unpaired) electrons. The maximum absolute atomic E-state index is 13.2. The molecule has 0 bridgehead atoms. The second-order valence-electron chi connectivity index (χ2n) is 6.94. The molecule has 6 nitrogen and oxygen atoms in total. The zero-order valence-electron chi connectivity index (χ0n) is 16.5. The van der Waals surface area contributed by atoms with Crippen molar-refractivity contribution in [2.24, 2.45) is 0 Å². The summed E-state index contributed by atoms with van der Waals surface area (Å²) in [6, 6.07) is 10.6. The van der Waals surface area contributed by atoms with E-state index in [0.29, 0.717) is 10.8 Å². The van der Waals surface area contributed by atoms with E-state index in [4.69, 9.17) is 16.3 Å². The van der Waals surface area contributed by atoms with Crippen LogP contribution in [0.3, 0.4) is 0 Å². The third-order valence-electron chi connectivity index (χ3n) is 4.83. The molecular weight excluding hydrogens is 457 g/mol. The molecule has 1 amide bonds. The molecule has 31 heavy (non-hydrogen) atoms. The van der Waals surface area contributed by atoms with E-state index in [1.165, 1.54) is 11.0 Å². The van der Waals surface area contributed by atoms with E-state index in [9.17, 15) is 26.4 Å². The van der Waals surface area contributed by atoms with Gasteiger partial charge in [-0.2, -0.15) is 17.5 Å². The van der Waals surface area contributed by atoms with Crippen LogP contribution in [0.5, 0.6) is 5.75 Å². The fourth-order valence-corrected chi connectivity index (χ4v) is 5.00. The smallest absolute Gasteiger partial charge is 0.417 e. The normalized spacial score (nSPS) is 16.7. The second kappa shape index (κ2) is 9.05. The molecule has 1 aliphatic rings. The number of hydrogen-bond donors (Lipinski definition) is 0. The molecule has 0 unspecified atom stereocenters. The fourth-order valence-electron chi connectivity index (χ4n) is 3.24. The number of nitrogens with zero attached hydrogens (tertiary/aromatic N) is 2. The van der Waals surface area contributed by atoms with E-state index in [-0.39, 0.29) is 32.1 Å². The van der Waals surface area contributed by atoms with Gasteiger partial charge in [0.1, 0.15) is 5.75 Å². The first kappa shape index (κ1) is 23.4. The van der Waals surface area contributed by atoms with Crippen molar-refractivity contribution in [3.63, 3.8) is 0 Å². The third-order valence-corrected chi connectivity index (χ3v) is 7.04. The van der Waals surface area contributed by atoms with Crippen LogP contribution in [0.15, 0.2) is 53.4 Å². The van der Waals surface area contributed by atoms with Crippen LogP contribution in [0.1, 0.15) is 12.5 Å². The number of halogens is 4. The molecule has 1 fully saturated rings. The lowest BCUT2D eigenvalue weighted by atomic mass is 10.2. The molecule has 1 atom stereocenters.